The van der Waals surface area contributed by atoms with E-state index in [4.69, 9.17) is 0 Å². The first-order valence-corrected chi connectivity index (χ1v) is 6.98. The summed E-state index contributed by atoms with van der Waals surface area (Å²) in [5.41, 5.74) is 5.86. The number of halogens is 1. The van der Waals surface area contributed by atoms with Crippen LogP contribution in [0.25, 0.3) is 0 Å². The second-order valence-corrected chi connectivity index (χ2v) is 5.95. The van der Waals surface area contributed by atoms with E-state index in [1.54, 1.807) is 0 Å². The molecule has 0 bridgehead atoms. The minimum Gasteiger partial charge on any atom is -0.0617 e. The molecule has 4 rings (SSSR count). The number of rotatable bonds is 0. The monoisotopic (exact) mass is 330 g/mol. The van der Waals surface area contributed by atoms with E-state index in [0.29, 0.717) is 11.8 Å². The first kappa shape index (κ1) is 9.89. The molecule has 0 aromatic rings. The van der Waals surface area contributed by atoms with Crippen LogP contribution < -0.4 is 0 Å². The molecule has 0 aromatic carbocycles. The van der Waals surface area contributed by atoms with Crippen LogP contribution >= 0.6 is 22.6 Å². The third-order valence-corrected chi connectivity index (χ3v) is 4.93. The highest BCUT2D eigenvalue weighted by Crippen LogP contribution is 2.50. The average molecular weight is 330 g/mol. The standard InChI is InChI=1S/C16H11I/c17-14-9-7-12-5-4-10-2-1-3-11-6-8-13(14)16(12)15(10)11/h1-9,15-16H. The molecule has 0 amide bonds. The van der Waals surface area contributed by atoms with E-state index in [2.05, 4.69) is 77.3 Å². The first-order valence-electron chi connectivity index (χ1n) is 5.90. The molecule has 0 fully saturated rings. The predicted molar refractivity (Wildman–Crippen MR) is 79.7 cm³/mol. The van der Waals surface area contributed by atoms with Crippen molar-refractivity contribution in [2.45, 2.75) is 0 Å². The van der Waals surface area contributed by atoms with Gasteiger partial charge in [-0.1, -0.05) is 48.6 Å². The van der Waals surface area contributed by atoms with Crippen LogP contribution in [0, 0.1) is 11.8 Å². The number of allylic oxidation sites excluding steroid dienone is 14. The summed E-state index contributed by atoms with van der Waals surface area (Å²) in [6.45, 7) is 0. The van der Waals surface area contributed by atoms with Crippen LogP contribution in [0.5, 0.6) is 0 Å². The normalized spacial score (nSPS) is 31.9. The molecule has 4 aliphatic rings. The van der Waals surface area contributed by atoms with Gasteiger partial charge in [-0.25, -0.2) is 0 Å². The van der Waals surface area contributed by atoms with Gasteiger partial charge in [-0.05, 0) is 51.0 Å². The maximum Gasteiger partial charge on any atom is 0.0209 e. The summed E-state index contributed by atoms with van der Waals surface area (Å²) >= 11 is 2.45. The van der Waals surface area contributed by atoms with Gasteiger partial charge in [0.15, 0.2) is 0 Å². The summed E-state index contributed by atoms with van der Waals surface area (Å²) in [4.78, 5) is 0. The second kappa shape index (κ2) is 3.45. The summed E-state index contributed by atoms with van der Waals surface area (Å²) < 4.78 is 1.39. The fourth-order valence-corrected chi connectivity index (χ4v) is 3.86. The molecule has 0 N–H and O–H groups in total. The van der Waals surface area contributed by atoms with Gasteiger partial charge in [-0.15, -0.1) is 0 Å². The molecule has 0 saturated heterocycles. The quantitative estimate of drug-likeness (QED) is 0.577. The van der Waals surface area contributed by atoms with Crippen LogP contribution in [0.2, 0.25) is 0 Å². The second-order valence-electron chi connectivity index (χ2n) is 4.78. The summed E-state index contributed by atoms with van der Waals surface area (Å²) in [7, 11) is 0. The van der Waals surface area contributed by atoms with Crippen molar-refractivity contribution in [2.75, 3.05) is 0 Å². The lowest BCUT2D eigenvalue weighted by molar-refractivity contribution is 0.563. The lowest BCUT2D eigenvalue weighted by Gasteiger charge is -2.39. The summed E-state index contributed by atoms with van der Waals surface area (Å²) in [5.74, 6) is 1.10. The highest BCUT2D eigenvalue weighted by Gasteiger charge is 2.37. The largest absolute Gasteiger partial charge is 0.0617 e. The van der Waals surface area contributed by atoms with E-state index in [0.717, 1.165) is 0 Å². The van der Waals surface area contributed by atoms with Crippen LogP contribution in [-0.4, -0.2) is 0 Å². The molecule has 0 heterocycles. The van der Waals surface area contributed by atoms with Crippen LogP contribution in [0.1, 0.15) is 0 Å². The van der Waals surface area contributed by atoms with Gasteiger partial charge in [-0.2, -0.15) is 0 Å². The highest BCUT2D eigenvalue weighted by atomic mass is 127. The molecule has 2 atom stereocenters. The maximum absolute atomic E-state index is 2.45. The van der Waals surface area contributed by atoms with Gasteiger partial charge in [0, 0.05) is 15.4 Å². The van der Waals surface area contributed by atoms with Crippen LogP contribution in [0.4, 0.5) is 0 Å². The van der Waals surface area contributed by atoms with Gasteiger partial charge in [0.25, 0.3) is 0 Å². The Labute approximate surface area is 115 Å². The lowest BCUT2D eigenvalue weighted by Crippen LogP contribution is -2.28. The molecule has 0 spiro atoms. The zero-order valence-electron chi connectivity index (χ0n) is 9.23. The fourth-order valence-electron chi connectivity index (χ4n) is 3.16. The number of hydrogen-bond donors (Lipinski definition) is 0. The van der Waals surface area contributed by atoms with E-state index >= 15 is 0 Å². The molecular formula is C16H11I. The van der Waals surface area contributed by atoms with E-state index in [1.807, 2.05) is 0 Å². The van der Waals surface area contributed by atoms with Crippen molar-refractivity contribution in [3.63, 3.8) is 0 Å². The van der Waals surface area contributed by atoms with Crippen molar-refractivity contribution in [3.8, 4) is 0 Å². The zero-order valence-corrected chi connectivity index (χ0v) is 11.4. The Hall–Kier alpha value is -1.09. The Bertz CT molecular complexity index is 618. The van der Waals surface area contributed by atoms with Gasteiger partial charge >= 0.3 is 0 Å². The Morgan fingerprint density at radius 2 is 1.41 bits per heavy atom. The van der Waals surface area contributed by atoms with Crippen molar-refractivity contribution in [1.29, 1.82) is 0 Å². The molecule has 4 aliphatic carbocycles. The van der Waals surface area contributed by atoms with E-state index in [9.17, 15) is 0 Å². The molecule has 0 aliphatic heterocycles. The van der Waals surface area contributed by atoms with Crippen molar-refractivity contribution < 1.29 is 0 Å². The van der Waals surface area contributed by atoms with Gasteiger partial charge in [0.1, 0.15) is 0 Å². The fraction of sp³-hybridized carbons (Fsp3) is 0.125. The zero-order chi connectivity index (χ0) is 11.4. The maximum atomic E-state index is 2.45. The molecule has 1 heteroatoms. The highest BCUT2D eigenvalue weighted by molar-refractivity contribution is 14.1. The van der Waals surface area contributed by atoms with Crippen molar-refractivity contribution in [2.24, 2.45) is 11.8 Å². The van der Waals surface area contributed by atoms with Crippen LogP contribution in [0.3, 0.4) is 0 Å². The third-order valence-electron chi connectivity index (χ3n) is 3.94. The summed E-state index contributed by atoms with van der Waals surface area (Å²) in [6.07, 6.45) is 20.3. The van der Waals surface area contributed by atoms with Crippen molar-refractivity contribution >= 4 is 22.6 Å². The predicted octanol–water partition coefficient (Wildman–Crippen LogP) is 4.41. The van der Waals surface area contributed by atoms with Crippen LogP contribution in [0.15, 0.2) is 80.6 Å². The van der Waals surface area contributed by atoms with Gasteiger partial charge in [0.2, 0.25) is 0 Å². The molecule has 17 heavy (non-hydrogen) atoms. The first-order chi connectivity index (χ1) is 8.34. The molecule has 82 valence electrons. The average Bonchev–Trinajstić information content (AvgIpc) is 2.38. The number of hydrogen-bond acceptors (Lipinski definition) is 0. The molecule has 2 unspecified atom stereocenters. The SMILES string of the molecule is IC1=C2C=CC3=CC=CC4=CC=C(C=C1)C2C34. The molecule has 0 radical (unpaired) electrons. The Balaban J connectivity index is 2.03. The van der Waals surface area contributed by atoms with E-state index in [1.165, 1.54) is 25.9 Å². The third kappa shape index (κ3) is 1.29. The molecule has 0 saturated carbocycles. The van der Waals surface area contributed by atoms with Crippen molar-refractivity contribution in [1.82, 2.24) is 0 Å². The van der Waals surface area contributed by atoms with Gasteiger partial charge in [-0.3, -0.25) is 0 Å². The molecule has 0 nitrogen and oxygen atoms in total. The van der Waals surface area contributed by atoms with E-state index in [-0.39, 0.29) is 0 Å². The molecular weight excluding hydrogens is 319 g/mol. The minimum atomic E-state index is 0.549. The smallest absolute Gasteiger partial charge is 0.0209 e. The summed E-state index contributed by atoms with van der Waals surface area (Å²) in [5, 5.41) is 0. The topological polar surface area (TPSA) is 0 Å². The Kier molecular flexibility index (Phi) is 2.01. The minimum absolute atomic E-state index is 0.549. The van der Waals surface area contributed by atoms with Gasteiger partial charge in [0.05, 0.1) is 0 Å². The lowest BCUT2D eigenvalue weighted by atomic mass is 9.65. The van der Waals surface area contributed by atoms with Crippen LogP contribution in [-0.2, 0) is 0 Å². The Morgan fingerprint density at radius 1 is 0.706 bits per heavy atom. The summed E-state index contributed by atoms with van der Waals surface area (Å²) in [6, 6.07) is 0. The van der Waals surface area contributed by atoms with Gasteiger partial charge < -0.3 is 0 Å². The van der Waals surface area contributed by atoms with Crippen molar-refractivity contribution in [3.05, 3.63) is 80.6 Å². The molecule has 0 aromatic heterocycles. The van der Waals surface area contributed by atoms with E-state index < -0.39 is 0 Å². The Morgan fingerprint density at radius 3 is 2.29 bits per heavy atom.